The van der Waals surface area contributed by atoms with Crippen molar-refractivity contribution in [2.75, 3.05) is 4.90 Å². The number of nitrogens with one attached hydrogen (secondary N) is 1. The molecule has 27 heavy (non-hydrogen) atoms. The zero-order valence-corrected chi connectivity index (χ0v) is 15.9. The van der Waals surface area contributed by atoms with Crippen molar-refractivity contribution >= 4 is 17.4 Å². The van der Waals surface area contributed by atoms with Crippen LogP contribution in [0.4, 0.5) is 5.69 Å². The first-order chi connectivity index (χ1) is 13.0. The van der Waals surface area contributed by atoms with Gasteiger partial charge in [0.15, 0.2) is 11.9 Å². The Labute approximate surface area is 160 Å². The van der Waals surface area contributed by atoms with Crippen molar-refractivity contribution in [3.8, 4) is 0 Å². The minimum atomic E-state index is -0.534. The highest BCUT2D eigenvalue weighted by Gasteiger charge is 2.37. The fourth-order valence-electron chi connectivity index (χ4n) is 4.07. The fourth-order valence-corrected chi connectivity index (χ4v) is 4.07. The molecule has 1 heterocycles. The van der Waals surface area contributed by atoms with Gasteiger partial charge in [0.1, 0.15) is 0 Å². The van der Waals surface area contributed by atoms with E-state index >= 15 is 0 Å². The summed E-state index contributed by atoms with van der Waals surface area (Å²) in [7, 11) is 0. The predicted octanol–water partition coefficient (Wildman–Crippen LogP) is 2.83. The summed E-state index contributed by atoms with van der Waals surface area (Å²) >= 11 is 0. The first-order valence-corrected chi connectivity index (χ1v) is 9.99. The first-order valence-electron chi connectivity index (χ1n) is 9.99. The number of rotatable bonds is 5. The predicted molar refractivity (Wildman–Crippen MR) is 105 cm³/mol. The van der Waals surface area contributed by atoms with Gasteiger partial charge in [-0.1, -0.05) is 25.3 Å². The van der Waals surface area contributed by atoms with Gasteiger partial charge < -0.3 is 10.2 Å². The van der Waals surface area contributed by atoms with Crippen molar-refractivity contribution < 1.29 is 9.59 Å². The number of nitrogens with two attached hydrogens (primary N) is 1. The third-order valence-corrected chi connectivity index (χ3v) is 5.87. The molecule has 6 nitrogen and oxygen atoms in total. The number of Topliss-reactive ketones (excluding diaryl/α,β-unsaturated/α-hetero) is 1. The van der Waals surface area contributed by atoms with Gasteiger partial charge in [0.25, 0.3) is 5.91 Å². The number of amides is 1. The first kappa shape index (κ1) is 18.0. The Morgan fingerprint density at radius 3 is 2.52 bits per heavy atom. The number of hydrazine groups is 1. The number of carbonyl (C=O) groups excluding carboxylic acids is 2. The summed E-state index contributed by atoms with van der Waals surface area (Å²) in [4.78, 5) is 27.6. The molecule has 1 amide bonds. The summed E-state index contributed by atoms with van der Waals surface area (Å²) in [5.74, 6) is 6.33. The molecule has 2 saturated carbocycles. The maximum Gasteiger partial charge on any atom is 0.251 e. The number of ketones is 1. The second kappa shape index (κ2) is 7.35. The van der Waals surface area contributed by atoms with E-state index in [0.717, 1.165) is 49.8 Å². The zero-order chi connectivity index (χ0) is 19.0. The molecule has 4 rings (SSSR count). The van der Waals surface area contributed by atoms with E-state index < -0.39 is 6.17 Å². The smallest absolute Gasteiger partial charge is 0.251 e. The van der Waals surface area contributed by atoms with Crippen molar-refractivity contribution in [2.24, 2.45) is 11.8 Å². The van der Waals surface area contributed by atoms with E-state index in [-0.39, 0.29) is 17.6 Å². The van der Waals surface area contributed by atoms with Crippen molar-refractivity contribution in [3.63, 3.8) is 0 Å². The quantitative estimate of drug-likeness (QED) is 0.782. The van der Waals surface area contributed by atoms with E-state index in [1.807, 2.05) is 36.2 Å². The number of nitrogens with zero attached hydrogens (tertiary/aromatic N) is 2. The summed E-state index contributed by atoms with van der Waals surface area (Å²) in [6.07, 6.45) is 10.5. The van der Waals surface area contributed by atoms with Crippen LogP contribution >= 0.6 is 0 Å². The van der Waals surface area contributed by atoms with E-state index in [4.69, 9.17) is 5.84 Å². The highest BCUT2D eigenvalue weighted by atomic mass is 16.2. The molecule has 0 saturated heterocycles. The Bertz CT molecular complexity index is 765. The Morgan fingerprint density at radius 2 is 1.81 bits per heavy atom. The van der Waals surface area contributed by atoms with Gasteiger partial charge in [-0.2, -0.15) is 0 Å². The number of hydrogen-bond donors (Lipinski definition) is 2. The molecule has 1 aromatic rings. The maximum absolute atomic E-state index is 13.2. The summed E-state index contributed by atoms with van der Waals surface area (Å²) in [6.45, 7) is 1.99. The molecular weight excluding hydrogens is 340 g/mol. The third kappa shape index (κ3) is 3.72. The van der Waals surface area contributed by atoms with Gasteiger partial charge in [-0.15, -0.1) is 0 Å². The zero-order valence-electron chi connectivity index (χ0n) is 15.9. The molecule has 3 N–H and O–H groups in total. The molecule has 1 aromatic carbocycles. The van der Waals surface area contributed by atoms with E-state index in [0.29, 0.717) is 11.6 Å². The Hall–Kier alpha value is -2.34. The number of benzene rings is 1. The van der Waals surface area contributed by atoms with E-state index in [2.05, 4.69) is 5.32 Å². The topological polar surface area (TPSA) is 78.7 Å². The minimum absolute atomic E-state index is 0.0540. The second-order valence-corrected chi connectivity index (χ2v) is 8.01. The van der Waals surface area contributed by atoms with Crippen LogP contribution in [0.15, 0.2) is 30.6 Å². The summed E-state index contributed by atoms with van der Waals surface area (Å²) in [5, 5.41) is 4.52. The van der Waals surface area contributed by atoms with Gasteiger partial charge in [0.2, 0.25) is 0 Å². The average molecular weight is 368 g/mol. The number of aryl methyl sites for hydroxylation is 1. The monoisotopic (exact) mass is 368 g/mol. The van der Waals surface area contributed by atoms with Gasteiger partial charge in [-0.25, -0.2) is 5.84 Å². The van der Waals surface area contributed by atoms with Crippen LogP contribution in [0.1, 0.15) is 60.9 Å². The minimum Gasteiger partial charge on any atom is -0.349 e. The molecule has 0 radical (unpaired) electrons. The second-order valence-electron chi connectivity index (χ2n) is 8.01. The highest BCUT2D eigenvalue weighted by molar-refractivity contribution is 5.96. The average Bonchev–Trinajstić information content (AvgIpc) is 3.41. The van der Waals surface area contributed by atoms with Gasteiger partial charge in [0, 0.05) is 35.6 Å². The molecule has 144 valence electrons. The number of carbonyl (C=O) groups is 2. The molecular formula is C21H28N4O2. The molecule has 2 fully saturated rings. The van der Waals surface area contributed by atoms with Gasteiger partial charge in [-0.3, -0.25) is 14.6 Å². The van der Waals surface area contributed by atoms with Crippen molar-refractivity contribution in [2.45, 2.75) is 64.1 Å². The summed E-state index contributed by atoms with van der Waals surface area (Å²) < 4.78 is 0. The van der Waals surface area contributed by atoms with Crippen LogP contribution < -0.4 is 16.1 Å². The lowest BCUT2D eigenvalue weighted by molar-refractivity contribution is -0.127. The van der Waals surface area contributed by atoms with E-state index in [1.165, 1.54) is 11.4 Å². The van der Waals surface area contributed by atoms with Crippen LogP contribution in [-0.4, -0.2) is 28.9 Å². The van der Waals surface area contributed by atoms with Gasteiger partial charge in [0.05, 0.1) is 0 Å². The molecule has 1 aliphatic heterocycles. The van der Waals surface area contributed by atoms with E-state index in [9.17, 15) is 9.59 Å². The lowest BCUT2D eigenvalue weighted by atomic mass is 9.85. The Morgan fingerprint density at radius 1 is 1.07 bits per heavy atom. The maximum atomic E-state index is 13.2. The van der Waals surface area contributed by atoms with Crippen LogP contribution in [0.25, 0.3) is 0 Å². The Kier molecular flexibility index (Phi) is 4.91. The third-order valence-electron chi connectivity index (χ3n) is 5.87. The van der Waals surface area contributed by atoms with Crippen LogP contribution in [0.2, 0.25) is 0 Å². The lowest BCUT2D eigenvalue weighted by Crippen LogP contribution is -2.50. The highest BCUT2D eigenvalue weighted by Crippen LogP contribution is 2.33. The molecule has 1 unspecified atom stereocenters. The number of hydrogen-bond acceptors (Lipinski definition) is 5. The molecule has 2 aliphatic carbocycles. The largest absolute Gasteiger partial charge is 0.349 e. The van der Waals surface area contributed by atoms with E-state index in [1.54, 1.807) is 6.20 Å². The summed E-state index contributed by atoms with van der Waals surface area (Å²) in [5.41, 5.74) is 2.49. The Balaban J connectivity index is 1.59. The fraction of sp³-hybridized carbons (Fsp3) is 0.524. The number of anilines is 1. The standard InChI is InChI=1S/C21H28N4O2/c1-14-7-8-16(20(27)23-17-9-10-17)13-18(14)24-11-12-25(22)21(24)19(26)15-5-3-2-4-6-15/h7-8,11-13,15,17,21H,2-6,9-10,22H2,1H3,(H,23,27). The SMILES string of the molecule is Cc1ccc(C(=O)NC2CC2)cc1N1C=CN(N)C1C(=O)C1CCCCC1. The summed E-state index contributed by atoms with van der Waals surface area (Å²) in [6, 6.07) is 5.97. The van der Waals surface area contributed by atoms with Crippen LogP contribution in [0, 0.1) is 12.8 Å². The van der Waals surface area contributed by atoms with Crippen molar-refractivity contribution in [3.05, 3.63) is 41.7 Å². The normalized spacial score (nSPS) is 23.0. The molecule has 0 aromatic heterocycles. The molecule has 6 heteroatoms. The molecule has 0 spiro atoms. The van der Waals surface area contributed by atoms with Crippen molar-refractivity contribution in [1.82, 2.24) is 10.3 Å². The van der Waals surface area contributed by atoms with Gasteiger partial charge >= 0.3 is 0 Å². The van der Waals surface area contributed by atoms with Crippen LogP contribution in [0.5, 0.6) is 0 Å². The van der Waals surface area contributed by atoms with Crippen LogP contribution in [0.3, 0.4) is 0 Å². The molecule has 0 bridgehead atoms. The van der Waals surface area contributed by atoms with Crippen LogP contribution in [-0.2, 0) is 4.79 Å². The van der Waals surface area contributed by atoms with Crippen molar-refractivity contribution in [1.29, 1.82) is 0 Å². The lowest BCUT2D eigenvalue weighted by Gasteiger charge is -2.33. The van der Waals surface area contributed by atoms with Gasteiger partial charge in [-0.05, 0) is 50.3 Å². The molecule has 3 aliphatic rings. The molecule has 1 atom stereocenters.